The van der Waals surface area contributed by atoms with Gasteiger partial charge in [0.25, 0.3) is 0 Å². The normalized spacial score (nSPS) is 46.0. The number of methoxy groups -OCH3 is 1. The van der Waals surface area contributed by atoms with Crippen LogP contribution < -0.4 is 10.1 Å². The predicted molar refractivity (Wildman–Crippen MR) is 142 cm³/mol. The predicted octanol–water partition coefficient (Wildman–Crippen LogP) is 0.198. The summed E-state index contributed by atoms with van der Waals surface area (Å²) in [5.74, 6) is -4.47. The van der Waals surface area contributed by atoms with Crippen molar-refractivity contribution in [2.75, 3.05) is 14.2 Å². The number of carbonyl (C=O) groups excluding carboxylic acids is 4. The Hall–Kier alpha value is -3.46. The highest BCUT2D eigenvalue weighted by Crippen LogP contribution is 2.85. The summed E-state index contributed by atoms with van der Waals surface area (Å²) in [5, 5.41) is 27.0. The number of fused-ring (bicyclic) bond motifs is 1. The van der Waals surface area contributed by atoms with E-state index in [1.807, 2.05) is 20.8 Å². The summed E-state index contributed by atoms with van der Waals surface area (Å²) in [6.45, 7) is 6.76. The fourth-order valence-electron chi connectivity index (χ4n) is 9.64. The van der Waals surface area contributed by atoms with Crippen molar-refractivity contribution in [3.05, 3.63) is 29.8 Å². The summed E-state index contributed by atoms with van der Waals surface area (Å²) in [4.78, 5) is 53.9. The van der Waals surface area contributed by atoms with Gasteiger partial charge in [0.15, 0.2) is 23.9 Å². The van der Waals surface area contributed by atoms with Gasteiger partial charge in [0.1, 0.15) is 17.3 Å². The number of esters is 3. The second-order valence-electron chi connectivity index (χ2n) is 13.5. The Labute approximate surface area is 252 Å². The Morgan fingerprint density at radius 3 is 2.34 bits per heavy atom. The second kappa shape index (κ2) is 8.83. The van der Waals surface area contributed by atoms with Crippen molar-refractivity contribution in [2.24, 2.45) is 28.1 Å². The molecule has 1 aromatic rings. The van der Waals surface area contributed by atoms with Gasteiger partial charge in [0, 0.05) is 13.0 Å². The van der Waals surface area contributed by atoms with Gasteiger partial charge in [-0.05, 0) is 30.0 Å². The molecule has 0 bridgehead atoms. The molecule has 44 heavy (non-hydrogen) atoms. The van der Waals surface area contributed by atoms with Crippen LogP contribution in [0.4, 0.5) is 4.79 Å². The molecule has 238 valence electrons. The minimum Gasteiger partial charge on any atom is -0.497 e. The number of hydrogen-bond acceptors (Lipinski definition) is 13. The van der Waals surface area contributed by atoms with Crippen molar-refractivity contribution in [1.82, 2.24) is 5.32 Å². The lowest BCUT2D eigenvalue weighted by molar-refractivity contribution is -0.240. The van der Waals surface area contributed by atoms with Crippen LogP contribution in [0.15, 0.2) is 24.3 Å². The number of benzene rings is 1. The summed E-state index contributed by atoms with van der Waals surface area (Å²) in [6, 6.07) is 6.95. The Balaban J connectivity index is 1.49. The van der Waals surface area contributed by atoms with Crippen molar-refractivity contribution in [3.8, 4) is 5.75 Å². The maximum absolute atomic E-state index is 14.2. The third kappa shape index (κ3) is 2.87. The van der Waals surface area contributed by atoms with Crippen LogP contribution >= 0.6 is 0 Å². The number of nitrogens with one attached hydrogen (secondary N) is 1. The Morgan fingerprint density at radius 1 is 1.05 bits per heavy atom. The quantitative estimate of drug-likeness (QED) is 0.301. The number of ether oxygens (including phenoxy) is 7. The van der Waals surface area contributed by atoms with Crippen molar-refractivity contribution in [3.63, 3.8) is 0 Å². The molecule has 2 spiro atoms. The van der Waals surface area contributed by atoms with E-state index >= 15 is 0 Å². The molecule has 1 aromatic carbocycles. The molecule has 4 aliphatic heterocycles. The standard InChI is InChI=1S/C30H35NO13/c1-12-21(33)40-19-18(42-25(36)31-5)28-17-15(32)16(26(2,3)4)27(28)20(39-11-13-7-9-14(38-6)10-8-13)22(34)43-24(27)44-30(28,23(35)41-17)29(12,19)37/h7-10,12,15-20,24,32,37H,11H2,1-6H3,(H,31,36)/t12-,15-,16?,17?,18+,19?,20+,24?,27?,28?,29-,30?/m1/s1. The van der Waals surface area contributed by atoms with Gasteiger partial charge in [-0.15, -0.1) is 0 Å². The SMILES string of the molecule is CNC(=O)O[C@H]1C2OC(=O)[C@@H](C)[C@]2(O)C23OC4OC(=O)[C@H](OCc5ccc(OC)cc5)C45C(C(C)(C)C)[C@@H](O)C(OC2=O)C153. The summed E-state index contributed by atoms with van der Waals surface area (Å²) < 4.78 is 41.4. The van der Waals surface area contributed by atoms with Crippen LogP contribution in [0.25, 0.3) is 0 Å². The zero-order valence-electron chi connectivity index (χ0n) is 25.0. The van der Waals surface area contributed by atoms with E-state index in [1.54, 1.807) is 24.3 Å². The average molecular weight is 618 g/mol. The van der Waals surface area contributed by atoms with Crippen molar-refractivity contribution in [2.45, 2.75) is 82.3 Å². The molecule has 0 radical (unpaired) electrons. The minimum atomic E-state index is -2.45. The molecule has 2 saturated carbocycles. The van der Waals surface area contributed by atoms with Gasteiger partial charge >= 0.3 is 24.0 Å². The van der Waals surface area contributed by atoms with Crippen LogP contribution in [-0.4, -0.2) is 96.4 Å². The van der Waals surface area contributed by atoms with Gasteiger partial charge in [0.05, 0.1) is 31.2 Å². The lowest BCUT2D eigenvalue weighted by Crippen LogP contribution is -2.67. The van der Waals surface area contributed by atoms with Gasteiger partial charge in [-0.2, -0.15) is 0 Å². The molecule has 1 amide bonds. The fourth-order valence-corrected chi connectivity index (χ4v) is 9.64. The first-order valence-corrected chi connectivity index (χ1v) is 14.5. The van der Waals surface area contributed by atoms with Gasteiger partial charge in [-0.1, -0.05) is 32.9 Å². The van der Waals surface area contributed by atoms with E-state index in [2.05, 4.69) is 5.32 Å². The van der Waals surface area contributed by atoms with Crippen LogP contribution in [0.1, 0.15) is 33.3 Å². The lowest BCUT2D eigenvalue weighted by Gasteiger charge is -2.48. The molecule has 6 fully saturated rings. The number of carbonyl (C=O) groups is 4. The van der Waals surface area contributed by atoms with Gasteiger partial charge in [-0.3, -0.25) is 4.79 Å². The number of rotatable bonds is 5. The minimum absolute atomic E-state index is 0.103. The molecule has 12 atom stereocenters. The van der Waals surface area contributed by atoms with E-state index in [-0.39, 0.29) is 6.61 Å². The second-order valence-corrected chi connectivity index (χ2v) is 13.5. The van der Waals surface area contributed by atoms with Crippen molar-refractivity contribution >= 4 is 24.0 Å². The summed E-state index contributed by atoms with van der Waals surface area (Å²) >= 11 is 0. The summed E-state index contributed by atoms with van der Waals surface area (Å²) in [6.07, 6.45) is -10.2. The molecule has 14 nitrogen and oxygen atoms in total. The molecule has 7 unspecified atom stereocenters. The van der Waals surface area contributed by atoms with Crippen LogP contribution in [0, 0.1) is 28.1 Å². The highest BCUT2D eigenvalue weighted by Gasteiger charge is 3.06. The highest BCUT2D eigenvalue weighted by atomic mass is 16.8. The lowest BCUT2D eigenvalue weighted by atomic mass is 9.50. The maximum Gasteiger partial charge on any atom is 0.407 e. The van der Waals surface area contributed by atoms with E-state index < -0.39 is 100 Å². The van der Waals surface area contributed by atoms with E-state index in [9.17, 15) is 29.4 Å². The Kier molecular flexibility index (Phi) is 5.87. The number of aliphatic hydroxyl groups excluding tert-OH is 1. The largest absolute Gasteiger partial charge is 0.497 e. The van der Waals surface area contributed by atoms with E-state index in [1.165, 1.54) is 21.1 Å². The number of alkyl carbamates (subject to hydrolysis) is 1. The summed E-state index contributed by atoms with van der Waals surface area (Å²) in [5.41, 5.74) is -8.84. The molecule has 7 rings (SSSR count). The van der Waals surface area contributed by atoms with Crippen molar-refractivity contribution in [1.29, 1.82) is 0 Å². The molecule has 3 N–H and O–H groups in total. The molecular formula is C30H35NO13. The molecule has 0 aromatic heterocycles. The molecular weight excluding hydrogens is 582 g/mol. The maximum atomic E-state index is 14.2. The average Bonchev–Trinajstić information content (AvgIpc) is 3.67. The number of hydrogen-bond donors (Lipinski definition) is 3. The molecule has 6 aliphatic rings. The van der Waals surface area contributed by atoms with Gasteiger partial charge in [0.2, 0.25) is 11.9 Å². The van der Waals surface area contributed by atoms with E-state index in [0.717, 1.165) is 0 Å². The Morgan fingerprint density at radius 2 is 1.73 bits per heavy atom. The van der Waals surface area contributed by atoms with E-state index in [4.69, 9.17) is 33.2 Å². The first kappa shape index (κ1) is 29.3. The number of amides is 1. The fraction of sp³-hybridized carbons (Fsp3) is 0.667. The summed E-state index contributed by atoms with van der Waals surface area (Å²) in [7, 11) is 2.84. The third-order valence-corrected chi connectivity index (χ3v) is 10.9. The van der Waals surface area contributed by atoms with E-state index in [0.29, 0.717) is 11.3 Å². The topological polar surface area (TPSA) is 185 Å². The van der Waals surface area contributed by atoms with Crippen LogP contribution in [0.2, 0.25) is 0 Å². The van der Waals surface area contributed by atoms with Crippen molar-refractivity contribution < 1.29 is 62.5 Å². The monoisotopic (exact) mass is 617 g/mol. The van der Waals surface area contributed by atoms with Crippen LogP contribution in [0.3, 0.4) is 0 Å². The smallest absolute Gasteiger partial charge is 0.407 e. The number of aliphatic hydroxyl groups is 2. The molecule has 14 heteroatoms. The van der Waals surface area contributed by atoms with Gasteiger partial charge < -0.3 is 48.7 Å². The van der Waals surface area contributed by atoms with Crippen LogP contribution in [-0.2, 0) is 49.4 Å². The zero-order valence-corrected chi connectivity index (χ0v) is 25.0. The highest BCUT2D eigenvalue weighted by molar-refractivity contribution is 5.94. The molecule has 2 aliphatic carbocycles. The van der Waals surface area contributed by atoms with Crippen LogP contribution in [0.5, 0.6) is 5.75 Å². The zero-order chi connectivity index (χ0) is 31.8. The first-order chi connectivity index (χ1) is 20.7. The molecule has 4 heterocycles. The third-order valence-electron chi connectivity index (χ3n) is 10.9. The first-order valence-electron chi connectivity index (χ1n) is 14.5. The molecule has 4 saturated heterocycles. The Bertz CT molecular complexity index is 1460. The van der Waals surface area contributed by atoms with Gasteiger partial charge in [-0.25, -0.2) is 14.4 Å².